The zero-order valence-electron chi connectivity index (χ0n) is 12.4. The molecular weight excluding hydrogens is 244 g/mol. The summed E-state index contributed by atoms with van der Waals surface area (Å²) in [7, 11) is 0. The van der Waals surface area contributed by atoms with Gasteiger partial charge < -0.3 is 5.11 Å². The predicted octanol–water partition coefficient (Wildman–Crippen LogP) is 2.11. The lowest BCUT2D eigenvalue weighted by atomic mass is 9.89. The highest BCUT2D eigenvalue weighted by Crippen LogP contribution is 2.25. The molecule has 1 heterocycles. The summed E-state index contributed by atoms with van der Waals surface area (Å²) in [6.07, 6.45) is 1.52. The van der Waals surface area contributed by atoms with E-state index >= 15 is 0 Å². The van der Waals surface area contributed by atoms with Crippen LogP contribution in [0.5, 0.6) is 0 Å². The molecule has 0 amide bonds. The Morgan fingerprint density at radius 1 is 1.42 bits per heavy atom. The molecule has 0 saturated heterocycles. The van der Waals surface area contributed by atoms with Gasteiger partial charge in [0.25, 0.3) is 0 Å². The fraction of sp³-hybridized carbons (Fsp3) is 0.846. The third-order valence-corrected chi connectivity index (χ3v) is 3.52. The van der Waals surface area contributed by atoms with E-state index < -0.39 is 11.9 Å². The second-order valence-corrected chi connectivity index (χ2v) is 6.09. The van der Waals surface area contributed by atoms with Crippen LogP contribution in [0.2, 0.25) is 0 Å². The normalized spacial score (nSPS) is 13.8. The molecule has 1 unspecified atom stereocenters. The molecule has 6 heteroatoms. The number of carboxylic acids is 1. The molecule has 0 radical (unpaired) electrons. The van der Waals surface area contributed by atoms with Crippen LogP contribution >= 0.6 is 0 Å². The highest BCUT2D eigenvalue weighted by molar-refractivity contribution is 5.69. The lowest BCUT2D eigenvalue weighted by Crippen LogP contribution is -2.28. The van der Waals surface area contributed by atoms with Gasteiger partial charge in [-0.25, -0.2) is 4.68 Å². The number of hydrogen-bond donors (Lipinski definition) is 1. The van der Waals surface area contributed by atoms with Gasteiger partial charge in [0.05, 0.1) is 12.5 Å². The number of hydrogen-bond acceptors (Lipinski definition) is 4. The molecular formula is C13H24N4O2. The van der Waals surface area contributed by atoms with Crippen LogP contribution in [0.25, 0.3) is 0 Å². The van der Waals surface area contributed by atoms with Crippen molar-refractivity contribution in [2.75, 3.05) is 0 Å². The van der Waals surface area contributed by atoms with Crippen molar-refractivity contribution in [3.05, 3.63) is 5.82 Å². The highest BCUT2D eigenvalue weighted by atomic mass is 16.4. The van der Waals surface area contributed by atoms with Gasteiger partial charge in [0.2, 0.25) is 0 Å². The Kier molecular flexibility index (Phi) is 5.03. The van der Waals surface area contributed by atoms with Crippen LogP contribution in [0.1, 0.15) is 53.3 Å². The van der Waals surface area contributed by atoms with Crippen molar-refractivity contribution >= 4 is 5.97 Å². The predicted molar refractivity (Wildman–Crippen MR) is 71.7 cm³/mol. The van der Waals surface area contributed by atoms with Gasteiger partial charge in [-0.15, -0.1) is 5.10 Å². The number of tetrazole rings is 1. The summed E-state index contributed by atoms with van der Waals surface area (Å²) < 4.78 is 1.64. The molecule has 19 heavy (non-hydrogen) atoms. The van der Waals surface area contributed by atoms with Gasteiger partial charge in [0, 0.05) is 5.41 Å². The molecule has 0 fully saturated rings. The molecule has 0 aromatic carbocycles. The van der Waals surface area contributed by atoms with E-state index in [1.54, 1.807) is 4.68 Å². The Hall–Kier alpha value is -1.46. The highest BCUT2D eigenvalue weighted by Gasteiger charge is 2.28. The topological polar surface area (TPSA) is 80.9 Å². The number of carbonyl (C=O) groups is 1. The number of carboxylic acid groups (broad SMARTS) is 1. The Balaban J connectivity index is 2.92. The molecule has 6 nitrogen and oxygen atoms in total. The van der Waals surface area contributed by atoms with Crippen LogP contribution in [-0.4, -0.2) is 31.3 Å². The third kappa shape index (κ3) is 4.01. The number of rotatable bonds is 7. The maximum atomic E-state index is 11.3. The van der Waals surface area contributed by atoms with E-state index in [0.717, 1.165) is 12.2 Å². The van der Waals surface area contributed by atoms with Crippen molar-refractivity contribution in [2.45, 2.75) is 59.4 Å². The zero-order valence-corrected chi connectivity index (χ0v) is 12.4. The fourth-order valence-electron chi connectivity index (χ4n) is 2.00. The van der Waals surface area contributed by atoms with Gasteiger partial charge in [0.1, 0.15) is 0 Å². The van der Waals surface area contributed by atoms with Gasteiger partial charge in [-0.05, 0) is 29.2 Å². The molecule has 108 valence electrons. The van der Waals surface area contributed by atoms with Crippen molar-refractivity contribution in [1.82, 2.24) is 20.2 Å². The monoisotopic (exact) mass is 268 g/mol. The van der Waals surface area contributed by atoms with Crippen molar-refractivity contribution in [1.29, 1.82) is 0 Å². The van der Waals surface area contributed by atoms with E-state index in [1.165, 1.54) is 0 Å². The SMILES string of the molecule is CCC(C)(C)c1nnnn1CC(CC(C)C)C(=O)O. The first-order valence-electron chi connectivity index (χ1n) is 6.77. The molecule has 0 aliphatic carbocycles. The van der Waals surface area contributed by atoms with Crippen LogP contribution in [0.4, 0.5) is 0 Å². The Morgan fingerprint density at radius 2 is 2.05 bits per heavy atom. The molecule has 0 spiro atoms. The Bertz CT molecular complexity index is 426. The summed E-state index contributed by atoms with van der Waals surface area (Å²) in [6, 6.07) is 0. The van der Waals surface area contributed by atoms with Gasteiger partial charge >= 0.3 is 5.97 Å². The molecule has 1 aromatic heterocycles. The van der Waals surface area contributed by atoms with Crippen LogP contribution < -0.4 is 0 Å². The summed E-state index contributed by atoms with van der Waals surface area (Å²) in [5.74, 6) is -0.149. The van der Waals surface area contributed by atoms with Gasteiger partial charge in [-0.3, -0.25) is 4.79 Å². The first-order chi connectivity index (χ1) is 8.77. The van der Waals surface area contributed by atoms with E-state index in [0.29, 0.717) is 18.9 Å². The second kappa shape index (κ2) is 6.12. The van der Waals surface area contributed by atoms with Crippen molar-refractivity contribution in [3.8, 4) is 0 Å². The first-order valence-corrected chi connectivity index (χ1v) is 6.77. The lowest BCUT2D eigenvalue weighted by molar-refractivity contribution is -0.142. The van der Waals surface area contributed by atoms with Crippen LogP contribution in [0.15, 0.2) is 0 Å². The molecule has 1 rings (SSSR count). The number of aromatic nitrogens is 4. The van der Waals surface area contributed by atoms with Crippen molar-refractivity contribution in [3.63, 3.8) is 0 Å². The van der Waals surface area contributed by atoms with Gasteiger partial charge in [-0.1, -0.05) is 34.6 Å². The summed E-state index contributed by atoms with van der Waals surface area (Å²) in [5.41, 5.74) is -0.148. The molecule has 1 aromatic rings. The van der Waals surface area contributed by atoms with Crippen molar-refractivity contribution in [2.24, 2.45) is 11.8 Å². The largest absolute Gasteiger partial charge is 0.481 e. The van der Waals surface area contributed by atoms with Crippen LogP contribution in [-0.2, 0) is 16.8 Å². The lowest BCUT2D eigenvalue weighted by Gasteiger charge is -2.22. The molecule has 1 N–H and O–H groups in total. The molecule has 0 saturated carbocycles. The van der Waals surface area contributed by atoms with E-state index in [-0.39, 0.29) is 5.41 Å². The standard InChI is InChI=1S/C13H24N4O2/c1-6-13(4,5)12-14-15-16-17(12)8-10(11(18)19)7-9(2)3/h9-10H,6-8H2,1-5H3,(H,18,19). The zero-order chi connectivity index (χ0) is 14.6. The maximum Gasteiger partial charge on any atom is 0.308 e. The van der Waals surface area contributed by atoms with E-state index in [2.05, 4.69) is 36.3 Å². The quantitative estimate of drug-likeness (QED) is 0.819. The molecule has 1 atom stereocenters. The number of nitrogens with zero attached hydrogens (tertiary/aromatic N) is 4. The summed E-state index contributed by atoms with van der Waals surface area (Å²) in [5, 5.41) is 21.0. The average molecular weight is 268 g/mol. The molecule has 0 aliphatic rings. The Morgan fingerprint density at radius 3 is 2.53 bits per heavy atom. The summed E-state index contributed by atoms with van der Waals surface area (Å²) >= 11 is 0. The third-order valence-electron chi connectivity index (χ3n) is 3.52. The molecule has 0 aliphatic heterocycles. The Labute approximate surface area is 114 Å². The first kappa shape index (κ1) is 15.6. The van der Waals surface area contributed by atoms with Gasteiger partial charge in [-0.2, -0.15) is 0 Å². The maximum absolute atomic E-state index is 11.3. The van der Waals surface area contributed by atoms with Crippen molar-refractivity contribution < 1.29 is 9.90 Å². The van der Waals surface area contributed by atoms with Crippen LogP contribution in [0.3, 0.4) is 0 Å². The summed E-state index contributed by atoms with van der Waals surface area (Å²) in [4.78, 5) is 11.3. The minimum atomic E-state index is -0.788. The number of aliphatic carboxylic acids is 1. The second-order valence-electron chi connectivity index (χ2n) is 6.09. The average Bonchev–Trinajstić information content (AvgIpc) is 2.76. The van der Waals surface area contributed by atoms with E-state index in [9.17, 15) is 9.90 Å². The van der Waals surface area contributed by atoms with E-state index in [1.807, 2.05) is 13.8 Å². The molecule has 0 bridgehead atoms. The van der Waals surface area contributed by atoms with Crippen LogP contribution in [0, 0.1) is 11.8 Å². The van der Waals surface area contributed by atoms with E-state index in [4.69, 9.17) is 0 Å². The summed E-state index contributed by atoms with van der Waals surface area (Å²) in [6.45, 7) is 10.6. The fourth-order valence-corrected chi connectivity index (χ4v) is 2.00. The minimum absolute atomic E-state index is 0.148. The minimum Gasteiger partial charge on any atom is -0.481 e. The van der Waals surface area contributed by atoms with Gasteiger partial charge in [0.15, 0.2) is 5.82 Å². The smallest absolute Gasteiger partial charge is 0.308 e.